The van der Waals surface area contributed by atoms with Gasteiger partial charge in [0.25, 0.3) is 0 Å². The number of carboxylic acid groups (broad SMARTS) is 1. The van der Waals surface area contributed by atoms with Crippen LogP contribution in [0.2, 0.25) is 0 Å². The molecular formula is C22H42O4. The molecule has 0 fully saturated rings. The SMILES string of the molecule is CCCCCCCCCCC[C@H](CC(=O)O)OC(=O)CCCCCCC. The topological polar surface area (TPSA) is 63.6 Å². The van der Waals surface area contributed by atoms with Gasteiger partial charge in [0.2, 0.25) is 0 Å². The van der Waals surface area contributed by atoms with Crippen LogP contribution in [-0.2, 0) is 14.3 Å². The van der Waals surface area contributed by atoms with Crippen molar-refractivity contribution in [1.82, 2.24) is 0 Å². The fraction of sp³-hybridized carbons (Fsp3) is 0.909. The van der Waals surface area contributed by atoms with E-state index in [4.69, 9.17) is 9.84 Å². The van der Waals surface area contributed by atoms with Gasteiger partial charge in [-0.15, -0.1) is 0 Å². The molecule has 0 aromatic heterocycles. The number of hydrogen-bond acceptors (Lipinski definition) is 3. The maximum absolute atomic E-state index is 11.9. The lowest BCUT2D eigenvalue weighted by Gasteiger charge is -2.16. The van der Waals surface area contributed by atoms with Crippen LogP contribution in [0.3, 0.4) is 0 Å². The molecule has 4 nitrogen and oxygen atoms in total. The van der Waals surface area contributed by atoms with Crippen molar-refractivity contribution < 1.29 is 19.4 Å². The second-order valence-electron chi connectivity index (χ2n) is 7.49. The Kier molecular flexibility index (Phi) is 18.0. The lowest BCUT2D eigenvalue weighted by molar-refractivity contribution is -0.153. The van der Waals surface area contributed by atoms with Crippen molar-refractivity contribution in [1.29, 1.82) is 0 Å². The highest BCUT2D eigenvalue weighted by Crippen LogP contribution is 2.15. The molecular weight excluding hydrogens is 328 g/mol. The van der Waals surface area contributed by atoms with Gasteiger partial charge in [0, 0.05) is 6.42 Å². The molecule has 0 aromatic carbocycles. The van der Waals surface area contributed by atoms with Crippen molar-refractivity contribution in [3.05, 3.63) is 0 Å². The molecule has 0 bridgehead atoms. The maximum atomic E-state index is 11.9. The van der Waals surface area contributed by atoms with Gasteiger partial charge in [0.15, 0.2) is 0 Å². The van der Waals surface area contributed by atoms with Gasteiger partial charge >= 0.3 is 11.9 Å². The maximum Gasteiger partial charge on any atom is 0.307 e. The Balaban J connectivity index is 3.80. The lowest BCUT2D eigenvalue weighted by Crippen LogP contribution is -2.21. The van der Waals surface area contributed by atoms with Crippen LogP contribution in [0.25, 0.3) is 0 Å². The number of aliphatic carboxylic acids is 1. The van der Waals surface area contributed by atoms with Gasteiger partial charge in [-0.05, 0) is 19.3 Å². The van der Waals surface area contributed by atoms with E-state index in [1.54, 1.807) is 0 Å². The Morgan fingerprint density at radius 2 is 1.19 bits per heavy atom. The largest absolute Gasteiger partial charge is 0.481 e. The normalized spacial score (nSPS) is 12.1. The van der Waals surface area contributed by atoms with Crippen molar-refractivity contribution in [2.45, 2.75) is 129 Å². The van der Waals surface area contributed by atoms with Crippen LogP contribution in [0.15, 0.2) is 0 Å². The molecule has 0 aliphatic carbocycles. The zero-order chi connectivity index (χ0) is 19.5. The Hall–Kier alpha value is -1.06. The van der Waals surface area contributed by atoms with Crippen LogP contribution in [0, 0.1) is 0 Å². The van der Waals surface area contributed by atoms with Gasteiger partial charge in [-0.1, -0.05) is 90.9 Å². The molecule has 0 radical (unpaired) electrons. The summed E-state index contributed by atoms with van der Waals surface area (Å²) in [5.74, 6) is -1.12. The Labute approximate surface area is 161 Å². The monoisotopic (exact) mass is 370 g/mol. The van der Waals surface area contributed by atoms with Gasteiger partial charge in [-0.2, -0.15) is 0 Å². The third kappa shape index (κ3) is 17.8. The average molecular weight is 371 g/mol. The van der Waals surface area contributed by atoms with E-state index >= 15 is 0 Å². The summed E-state index contributed by atoms with van der Waals surface area (Å²) >= 11 is 0. The number of esters is 1. The second kappa shape index (κ2) is 18.7. The molecule has 4 heteroatoms. The van der Waals surface area contributed by atoms with E-state index in [2.05, 4.69) is 13.8 Å². The van der Waals surface area contributed by atoms with E-state index in [1.165, 1.54) is 57.8 Å². The van der Waals surface area contributed by atoms with Crippen LogP contribution in [0.1, 0.15) is 123 Å². The predicted octanol–water partition coefficient (Wildman–Crippen LogP) is 6.65. The zero-order valence-electron chi connectivity index (χ0n) is 17.3. The number of carboxylic acids is 1. The van der Waals surface area contributed by atoms with Gasteiger partial charge in [-0.25, -0.2) is 0 Å². The van der Waals surface area contributed by atoms with E-state index in [0.29, 0.717) is 12.8 Å². The first-order chi connectivity index (χ1) is 12.6. The number of rotatable bonds is 19. The number of carbonyl (C=O) groups excluding carboxylic acids is 1. The predicted molar refractivity (Wildman–Crippen MR) is 107 cm³/mol. The molecule has 0 aromatic rings. The van der Waals surface area contributed by atoms with E-state index < -0.39 is 12.1 Å². The number of carbonyl (C=O) groups is 2. The molecule has 154 valence electrons. The fourth-order valence-corrected chi connectivity index (χ4v) is 3.20. The highest BCUT2D eigenvalue weighted by atomic mass is 16.5. The summed E-state index contributed by atoms with van der Waals surface area (Å²) in [4.78, 5) is 22.9. The Bertz CT molecular complexity index is 341. The van der Waals surface area contributed by atoms with Crippen molar-refractivity contribution in [3.8, 4) is 0 Å². The van der Waals surface area contributed by atoms with E-state index in [0.717, 1.165) is 32.1 Å². The number of hydrogen-bond donors (Lipinski definition) is 1. The molecule has 0 amide bonds. The van der Waals surface area contributed by atoms with E-state index in [-0.39, 0.29) is 12.4 Å². The van der Waals surface area contributed by atoms with Gasteiger partial charge in [-0.3, -0.25) is 9.59 Å². The third-order valence-corrected chi connectivity index (χ3v) is 4.81. The van der Waals surface area contributed by atoms with Crippen LogP contribution >= 0.6 is 0 Å². The van der Waals surface area contributed by atoms with Gasteiger partial charge < -0.3 is 9.84 Å². The molecule has 1 atom stereocenters. The van der Waals surface area contributed by atoms with Gasteiger partial charge in [0.05, 0.1) is 6.42 Å². The van der Waals surface area contributed by atoms with E-state index in [9.17, 15) is 9.59 Å². The molecule has 0 spiro atoms. The summed E-state index contributed by atoms with van der Waals surface area (Å²) in [5.41, 5.74) is 0. The molecule has 0 aliphatic heterocycles. The van der Waals surface area contributed by atoms with Crippen LogP contribution in [-0.4, -0.2) is 23.1 Å². The summed E-state index contributed by atoms with van der Waals surface area (Å²) in [7, 11) is 0. The smallest absolute Gasteiger partial charge is 0.307 e. The van der Waals surface area contributed by atoms with Crippen molar-refractivity contribution >= 4 is 11.9 Å². The number of unbranched alkanes of at least 4 members (excludes halogenated alkanes) is 12. The van der Waals surface area contributed by atoms with E-state index in [1.807, 2.05) is 0 Å². The highest BCUT2D eigenvalue weighted by Gasteiger charge is 2.17. The fourth-order valence-electron chi connectivity index (χ4n) is 3.20. The molecule has 0 saturated carbocycles. The lowest BCUT2D eigenvalue weighted by atomic mass is 10.0. The standard InChI is InChI=1S/C22H42O4/c1-3-5-7-9-10-11-12-14-15-17-20(19-21(23)24)26-22(25)18-16-13-8-6-4-2/h20H,3-19H2,1-2H3,(H,23,24)/t20-/m1/s1. The second-order valence-corrected chi connectivity index (χ2v) is 7.49. The molecule has 26 heavy (non-hydrogen) atoms. The zero-order valence-corrected chi connectivity index (χ0v) is 17.3. The minimum Gasteiger partial charge on any atom is -0.481 e. The first-order valence-corrected chi connectivity index (χ1v) is 11.0. The van der Waals surface area contributed by atoms with Crippen molar-refractivity contribution in [3.63, 3.8) is 0 Å². The molecule has 0 saturated heterocycles. The number of ether oxygens (including phenoxy) is 1. The third-order valence-electron chi connectivity index (χ3n) is 4.81. The first kappa shape index (κ1) is 24.9. The average Bonchev–Trinajstić information content (AvgIpc) is 2.59. The Morgan fingerprint density at radius 1 is 0.731 bits per heavy atom. The summed E-state index contributed by atoms with van der Waals surface area (Å²) in [6.07, 6.45) is 17.0. The summed E-state index contributed by atoms with van der Waals surface area (Å²) in [5, 5.41) is 9.02. The summed E-state index contributed by atoms with van der Waals surface area (Å²) < 4.78 is 5.42. The molecule has 0 aliphatic rings. The molecule has 0 rings (SSSR count). The van der Waals surface area contributed by atoms with Crippen LogP contribution in [0.4, 0.5) is 0 Å². The minimum atomic E-state index is -0.887. The van der Waals surface area contributed by atoms with Crippen LogP contribution in [0.5, 0.6) is 0 Å². The minimum absolute atomic E-state index is 0.0708. The summed E-state index contributed by atoms with van der Waals surface area (Å²) in [6.45, 7) is 4.39. The van der Waals surface area contributed by atoms with Crippen molar-refractivity contribution in [2.75, 3.05) is 0 Å². The quantitative estimate of drug-likeness (QED) is 0.204. The molecule has 0 unspecified atom stereocenters. The van der Waals surface area contributed by atoms with Crippen LogP contribution < -0.4 is 0 Å². The highest BCUT2D eigenvalue weighted by molar-refractivity contribution is 5.71. The molecule has 0 heterocycles. The van der Waals surface area contributed by atoms with Crippen molar-refractivity contribution in [2.24, 2.45) is 0 Å². The Morgan fingerprint density at radius 3 is 1.69 bits per heavy atom. The molecule has 1 N–H and O–H groups in total. The summed E-state index contributed by atoms with van der Waals surface area (Å²) in [6, 6.07) is 0. The first-order valence-electron chi connectivity index (χ1n) is 11.0. The van der Waals surface area contributed by atoms with Gasteiger partial charge in [0.1, 0.15) is 6.10 Å².